The van der Waals surface area contributed by atoms with Gasteiger partial charge in [-0.05, 0) is 49.1 Å². The van der Waals surface area contributed by atoms with Crippen LogP contribution in [0.2, 0.25) is 0 Å². The molecule has 1 saturated heterocycles. The van der Waals surface area contributed by atoms with Crippen LogP contribution in [0.25, 0.3) is 0 Å². The van der Waals surface area contributed by atoms with E-state index in [2.05, 4.69) is 0 Å². The van der Waals surface area contributed by atoms with Crippen molar-refractivity contribution in [3.05, 3.63) is 23.8 Å². The van der Waals surface area contributed by atoms with E-state index < -0.39 is 11.4 Å². The summed E-state index contributed by atoms with van der Waals surface area (Å²) in [6, 6.07) is 5.68. The van der Waals surface area contributed by atoms with Crippen LogP contribution in [0.15, 0.2) is 18.2 Å². The van der Waals surface area contributed by atoms with Crippen LogP contribution in [0, 0.1) is 0 Å². The first-order chi connectivity index (χ1) is 11.7. The van der Waals surface area contributed by atoms with Gasteiger partial charge < -0.3 is 14.6 Å². The zero-order valence-electron chi connectivity index (χ0n) is 14.3. The molecule has 1 aliphatic heterocycles. The first-order valence-electron chi connectivity index (χ1n) is 8.82. The number of carbonyl (C=O) groups is 1. The molecule has 0 aromatic heterocycles. The van der Waals surface area contributed by atoms with Gasteiger partial charge in [0.25, 0.3) is 0 Å². The highest BCUT2D eigenvalue weighted by Gasteiger charge is 2.41. The second-order valence-corrected chi connectivity index (χ2v) is 7.92. The van der Waals surface area contributed by atoms with Crippen molar-refractivity contribution in [3.8, 4) is 11.5 Å². The SMILES string of the molecule is COc1ccc(C2(C(=O)O)CCCCC2)cc1OC1CCCSC1. The van der Waals surface area contributed by atoms with Crippen molar-refractivity contribution in [2.24, 2.45) is 0 Å². The molecular formula is C19H26O4S. The van der Waals surface area contributed by atoms with Crippen LogP contribution < -0.4 is 9.47 Å². The highest BCUT2D eigenvalue weighted by molar-refractivity contribution is 7.99. The Balaban J connectivity index is 1.90. The third-order valence-corrected chi connectivity index (χ3v) is 6.43. The Hall–Kier alpha value is -1.36. The molecule has 4 nitrogen and oxygen atoms in total. The summed E-state index contributed by atoms with van der Waals surface area (Å²) >= 11 is 1.91. The topological polar surface area (TPSA) is 55.8 Å². The van der Waals surface area contributed by atoms with E-state index >= 15 is 0 Å². The molecule has 1 aliphatic carbocycles. The normalized spacial score (nSPS) is 23.5. The molecule has 1 N–H and O–H groups in total. The lowest BCUT2D eigenvalue weighted by Gasteiger charge is -2.34. The standard InChI is InChI=1S/C19H26O4S/c1-22-16-8-7-14(19(18(20)21)9-3-2-4-10-19)12-17(16)23-15-6-5-11-24-13-15/h7-8,12,15H,2-6,9-11,13H2,1H3,(H,20,21). The van der Waals surface area contributed by atoms with Crippen LogP contribution >= 0.6 is 11.8 Å². The molecule has 0 bridgehead atoms. The van der Waals surface area contributed by atoms with Gasteiger partial charge in [-0.2, -0.15) is 11.8 Å². The molecule has 1 heterocycles. The average Bonchev–Trinajstić information content (AvgIpc) is 2.63. The zero-order chi connectivity index (χ0) is 17.0. The summed E-state index contributed by atoms with van der Waals surface area (Å²) in [7, 11) is 1.63. The summed E-state index contributed by atoms with van der Waals surface area (Å²) in [5.74, 6) is 2.84. The fourth-order valence-corrected chi connectivity index (χ4v) is 4.87. The van der Waals surface area contributed by atoms with Crippen LogP contribution in [-0.4, -0.2) is 35.8 Å². The van der Waals surface area contributed by atoms with Crippen LogP contribution in [0.4, 0.5) is 0 Å². The monoisotopic (exact) mass is 350 g/mol. The number of ether oxygens (including phenoxy) is 2. The van der Waals surface area contributed by atoms with Crippen molar-refractivity contribution in [2.75, 3.05) is 18.6 Å². The van der Waals surface area contributed by atoms with Crippen molar-refractivity contribution in [1.82, 2.24) is 0 Å². The van der Waals surface area contributed by atoms with E-state index in [4.69, 9.17) is 9.47 Å². The van der Waals surface area contributed by atoms with Gasteiger partial charge in [0.2, 0.25) is 0 Å². The van der Waals surface area contributed by atoms with E-state index in [1.807, 2.05) is 30.0 Å². The quantitative estimate of drug-likeness (QED) is 0.860. The van der Waals surface area contributed by atoms with Crippen molar-refractivity contribution in [1.29, 1.82) is 0 Å². The molecule has 1 unspecified atom stereocenters. The van der Waals surface area contributed by atoms with E-state index in [1.165, 1.54) is 5.75 Å². The van der Waals surface area contributed by atoms with Gasteiger partial charge >= 0.3 is 5.97 Å². The first-order valence-corrected chi connectivity index (χ1v) is 9.97. The Morgan fingerprint density at radius 3 is 2.62 bits per heavy atom. The average molecular weight is 350 g/mol. The number of carboxylic acids is 1. The van der Waals surface area contributed by atoms with E-state index in [-0.39, 0.29) is 6.10 Å². The molecule has 5 heteroatoms. The number of benzene rings is 1. The first kappa shape index (κ1) is 17.5. The van der Waals surface area contributed by atoms with Gasteiger partial charge in [-0.25, -0.2) is 0 Å². The summed E-state index contributed by atoms with van der Waals surface area (Å²) < 4.78 is 11.6. The minimum absolute atomic E-state index is 0.181. The lowest BCUT2D eigenvalue weighted by Crippen LogP contribution is -2.37. The summed E-state index contributed by atoms with van der Waals surface area (Å²) in [5, 5.41) is 9.91. The molecule has 1 saturated carbocycles. The molecule has 2 aliphatic rings. The van der Waals surface area contributed by atoms with Gasteiger partial charge in [0, 0.05) is 5.75 Å². The predicted octanol–water partition coefficient (Wildman–Crippen LogP) is 4.26. The van der Waals surface area contributed by atoms with E-state index in [9.17, 15) is 9.90 Å². The van der Waals surface area contributed by atoms with Crippen molar-refractivity contribution in [3.63, 3.8) is 0 Å². The number of aliphatic carboxylic acids is 1. The summed E-state index contributed by atoms with van der Waals surface area (Å²) in [6.45, 7) is 0. The van der Waals surface area contributed by atoms with Crippen LogP contribution in [-0.2, 0) is 10.2 Å². The van der Waals surface area contributed by atoms with Crippen molar-refractivity contribution >= 4 is 17.7 Å². The van der Waals surface area contributed by atoms with Crippen molar-refractivity contribution in [2.45, 2.75) is 56.5 Å². The third-order valence-electron chi connectivity index (χ3n) is 5.24. The Kier molecular flexibility index (Phi) is 5.59. The summed E-state index contributed by atoms with van der Waals surface area (Å²) in [6.07, 6.45) is 6.84. The maximum absolute atomic E-state index is 12.1. The second kappa shape index (κ2) is 7.68. The zero-order valence-corrected chi connectivity index (χ0v) is 15.1. The fraction of sp³-hybridized carbons (Fsp3) is 0.632. The van der Waals surface area contributed by atoms with Crippen LogP contribution in [0.5, 0.6) is 11.5 Å². The second-order valence-electron chi connectivity index (χ2n) is 6.77. The number of carboxylic acid groups (broad SMARTS) is 1. The van der Waals surface area contributed by atoms with E-state index in [0.29, 0.717) is 24.3 Å². The molecule has 132 valence electrons. The molecule has 0 amide bonds. The molecule has 1 aromatic rings. The summed E-state index contributed by atoms with van der Waals surface area (Å²) in [5.41, 5.74) is 0.0817. The highest BCUT2D eigenvalue weighted by Crippen LogP contribution is 2.43. The molecule has 24 heavy (non-hydrogen) atoms. The molecule has 2 fully saturated rings. The van der Waals surface area contributed by atoms with Crippen LogP contribution in [0.1, 0.15) is 50.5 Å². The smallest absolute Gasteiger partial charge is 0.314 e. The minimum Gasteiger partial charge on any atom is -0.493 e. The number of hydrogen-bond donors (Lipinski definition) is 1. The van der Waals surface area contributed by atoms with Crippen LogP contribution in [0.3, 0.4) is 0 Å². The van der Waals surface area contributed by atoms with Crippen molar-refractivity contribution < 1.29 is 19.4 Å². The molecule has 0 radical (unpaired) electrons. The highest BCUT2D eigenvalue weighted by atomic mass is 32.2. The Bertz CT molecular complexity index is 575. The molecule has 1 aromatic carbocycles. The van der Waals surface area contributed by atoms with Gasteiger partial charge in [0.15, 0.2) is 11.5 Å². The Morgan fingerprint density at radius 1 is 1.21 bits per heavy atom. The number of rotatable bonds is 5. The number of methoxy groups -OCH3 is 1. The lowest BCUT2D eigenvalue weighted by atomic mass is 9.69. The Morgan fingerprint density at radius 2 is 2.00 bits per heavy atom. The maximum atomic E-state index is 12.1. The van der Waals surface area contributed by atoms with E-state index in [1.54, 1.807) is 7.11 Å². The van der Waals surface area contributed by atoms with Gasteiger partial charge in [-0.3, -0.25) is 4.79 Å². The molecular weight excluding hydrogens is 324 g/mol. The molecule has 0 spiro atoms. The fourth-order valence-electron chi connectivity index (χ4n) is 3.83. The number of hydrogen-bond acceptors (Lipinski definition) is 4. The molecule has 3 rings (SSSR count). The lowest BCUT2D eigenvalue weighted by molar-refractivity contribution is -0.145. The third kappa shape index (κ3) is 3.51. The predicted molar refractivity (Wildman–Crippen MR) is 96.4 cm³/mol. The van der Waals surface area contributed by atoms with E-state index in [0.717, 1.165) is 43.4 Å². The van der Waals surface area contributed by atoms with Gasteiger partial charge in [-0.15, -0.1) is 0 Å². The summed E-state index contributed by atoms with van der Waals surface area (Å²) in [4.78, 5) is 12.1. The Labute approximate surface area is 147 Å². The maximum Gasteiger partial charge on any atom is 0.314 e. The van der Waals surface area contributed by atoms with Gasteiger partial charge in [0.05, 0.1) is 12.5 Å². The largest absolute Gasteiger partial charge is 0.493 e. The minimum atomic E-state index is -0.774. The number of thioether (sulfide) groups is 1. The van der Waals surface area contributed by atoms with Gasteiger partial charge in [-0.1, -0.05) is 25.3 Å². The molecule has 1 atom stereocenters. The van der Waals surface area contributed by atoms with Gasteiger partial charge in [0.1, 0.15) is 6.10 Å².